The highest BCUT2D eigenvalue weighted by atomic mass is 16.5. The second-order valence-corrected chi connectivity index (χ2v) is 5.54. The number of nitrogens with zero attached hydrogens (tertiary/aromatic N) is 1. The summed E-state index contributed by atoms with van der Waals surface area (Å²) in [4.78, 5) is 2.50. The van der Waals surface area contributed by atoms with Gasteiger partial charge in [0.05, 0.1) is 7.11 Å². The molecule has 0 amide bonds. The van der Waals surface area contributed by atoms with Crippen molar-refractivity contribution in [2.24, 2.45) is 0 Å². The summed E-state index contributed by atoms with van der Waals surface area (Å²) in [6.45, 7) is 3.33. The summed E-state index contributed by atoms with van der Waals surface area (Å²) in [6.07, 6.45) is 5.40. The van der Waals surface area contributed by atoms with Gasteiger partial charge in [0.25, 0.3) is 0 Å². The lowest BCUT2D eigenvalue weighted by Crippen LogP contribution is -2.59. The van der Waals surface area contributed by atoms with Gasteiger partial charge in [0.15, 0.2) is 0 Å². The first-order valence-electron chi connectivity index (χ1n) is 6.95. The van der Waals surface area contributed by atoms with E-state index in [1.165, 1.54) is 31.4 Å². The average molecular weight is 246 g/mol. The predicted octanol–water partition coefficient (Wildman–Crippen LogP) is 2.42. The number of benzene rings is 1. The van der Waals surface area contributed by atoms with Crippen molar-refractivity contribution >= 4 is 5.69 Å². The van der Waals surface area contributed by atoms with E-state index in [9.17, 15) is 0 Å². The lowest BCUT2D eigenvalue weighted by molar-refractivity contribution is 0.303. The molecule has 1 heterocycles. The smallest absolute Gasteiger partial charge is 0.120 e. The molecular weight excluding hydrogens is 224 g/mol. The van der Waals surface area contributed by atoms with Crippen LogP contribution in [-0.4, -0.2) is 32.3 Å². The third-order valence-electron chi connectivity index (χ3n) is 4.35. The maximum atomic E-state index is 5.32. The van der Waals surface area contributed by atoms with Crippen LogP contribution in [0, 0.1) is 0 Å². The Bertz CT molecular complexity index is 413. The van der Waals surface area contributed by atoms with Gasteiger partial charge in [0, 0.05) is 36.9 Å². The highest BCUT2D eigenvalue weighted by Gasteiger charge is 2.37. The van der Waals surface area contributed by atoms with Crippen LogP contribution in [0.2, 0.25) is 0 Å². The fourth-order valence-electron chi connectivity index (χ4n) is 3.37. The maximum absolute atomic E-state index is 5.32. The van der Waals surface area contributed by atoms with Gasteiger partial charge in [0.1, 0.15) is 5.75 Å². The van der Waals surface area contributed by atoms with E-state index in [1.807, 2.05) is 6.07 Å². The Hall–Kier alpha value is -1.22. The van der Waals surface area contributed by atoms with Crippen LogP contribution in [0.4, 0.5) is 5.69 Å². The zero-order chi connectivity index (χ0) is 12.4. The summed E-state index contributed by atoms with van der Waals surface area (Å²) in [7, 11) is 1.73. The quantitative estimate of drug-likeness (QED) is 0.867. The van der Waals surface area contributed by atoms with E-state index in [0.29, 0.717) is 5.54 Å². The topological polar surface area (TPSA) is 24.5 Å². The van der Waals surface area contributed by atoms with Crippen molar-refractivity contribution in [1.29, 1.82) is 0 Å². The fourth-order valence-corrected chi connectivity index (χ4v) is 3.37. The fraction of sp³-hybridized carbons (Fsp3) is 0.600. The molecule has 1 aliphatic carbocycles. The first-order valence-corrected chi connectivity index (χ1v) is 6.95. The molecule has 1 saturated heterocycles. The van der Waals surface area contributed by atoms with Crippen LogP contribution in [0.1, 0.15) is 25.7 Å². The highest BCUT2D eigenvalue weighted by molar-refractivity contribution is 5.51. The summed E-state index contributed by atoms with van der Waals surface area (Å²) in [5.74, 6) is 0.950. The normalized spacial score (nSPS) is 22.4. The van der Waals surface area contributed by atoms with Gasteiger partial charge in [-0.05, 0) is 25.0 Å². The van der Waals surface area contributed by atoms with Crippen LogP contribution in [-0.2, 0) is 0 Å². The number of nitrogens with one attached hydrogen (secondary N) is 1. The van der Waals surface area contributed by atoms with E-state index < -0.39 is 0 Å². The number of rotatable bonds is 2. The molecule has 0 aromatic heterocycles. The predicted molar refractivity (Wildman–Crippen MR) is 74.4 cm³/mol. The standard InChI is InChI=1S/C15H22N2O/c1-18-14-6-4-5-13(11-14)17-10-9-16-15(12-17)7-2-3-8-15/h4-6,11,16H,2-3,7-10,12H2,1H3. The molecule has 1 spiro atoms. The van der Waals surface area contributed by atoms with Gasteiger partial charge in [-0.1, -0.05) is 18.9 Å². The first-order chi connectivity index (χ1) is 8.81. The van der Waals surface area contributed by atoms with E-state index in [-0.39, 0.29) is 0 Å². The van der Waals surface area contributed by atoms with E-state index in [4.69, 9.17) is 4.74 Å². The minimum Gasteiger partial charge on any atom is -0.497 e. The van der Waals surface area contributed by atoms with Gasteiger partial charge in [-0.3, -0.25) is 0 Å². The molecule has 1 aromatic carbocycles. The van der Waals surface area contributed by atoms with Crippen LogP contribution in [0.15, 0.2) is 24.3 Å². The van der Waals surface area contributed by atoms with Gasteiger partial charge in [-0.25, -0.2) is 0 Å². The van der Waals surface area contributed by atoms with Crippen molar-refractivity contribution in [2.75, 3.05) is 31.6 Å². The molecule has 0 unspecified atom stereocenters. The number of ether oxygens (including phenoxy) is 1. The molecule has 3 heteroatoms. The van der Waals surface area contributed by atoms with Crippen molar-refractivity contribution in [1.82, 2.24) is 5.32 Å². The van der Waals surface area contributed by atoms with Crippen LogP contribution in [0.25, 0.3) is 0 Å². The summed E-state index contributed by atoms with van der Waals surface area (Å²) in [6, 6.07) is 8.43. The lowest BCUT2D eigenvalue weighted by atomic mass is 9.94. The molecule has 0 bridgehead atoms. The Balaban J connectivity index is 1.78. The molecule has 1 N–H and O–H groups in total. The molecular formula is C15H22N2O. The molecule has 3 rings (SSSR count). The van der Waals surface area contributed by atoms with Gasteiger partial charge in [0.2, 0.25) is 0 Å². The first kappa shape index (κ1) is 11.8. The second-order valence-electron chi connectivity index (χ2n) is 5.54. The summed E-state index contributed by atoms with van der Waals surface area (Å²) >= 11 is 0. The van der Waals surface area contributed by atoms with Gasteiger partial charge < -0.3 is 15.0 Å². The van der Waals surface area contributed by atoms with E-state index in [2.05, 4.69) is 28.4 Å². The van der Waals surface area contributed by atoms with Crippen molar-refractivity contribution in [3.8, 4) is 5.75 Å². The number of piperazine rings is 1. The molecule has 18 heavy (non-hydrogen) atoms. The SMILES string of the molecule is COc1cccc(N2CCNC3(CCCC3)C2)c1. The molecule has 1 aromatic rings. The van der Waals surface area contributed by atoms with Crippen LogP contribution >= 0.6 is 0 Å². The Morgan fingerprint density at radius 1 is 1.28 bits per heavy atom. The Morgan fingerprint density at radius 3 is 2.89 bits per heavy atom. The Labute approximate surface area is 109 Å². The highest BCUT2D eigenvalue weighted by Crippen LogP contribution is 2.34. The third-order valence-corrected chi connectivity index (χ3v) is 4.35. The maximum Gasteiger partial charge on any atom is 0.120 e. The number of anilines is 1. The van der Waals surface area contributed by atoms with E-state index in [1.54, 1.807) is 7.11 Å². The van der Waals surface area contributed by atoms with Crippen LogP contribution < -0.4 is 15.0 Å². The van der Waals surface area contributed by atoms with Gasteiger partial charge >= 0.3 is 0 Å². The van der Waals surface area contributed by atoms with Gasteiger partial charge in [-0.2, -0.15) is 0 Å². The minimum atomic E-state index is 0.376. The molecule has 2 aliphatic rings. The minimum absolute atomic E-state index is 0.376. The number of hydrogen-bond acceptors (Lipinski definition) is 3. The summed E-state index contributed by atoms with van der Waals surface area (Å²) < 4.78 is 5.32. The number of hydrogen-bond donors (Lipinski definition) is 1. The van der Waals surface area contributed by atoms with Crippen molar-refractivity contribution in [2.45, 2.75) is 31.2 Å². The summed E-state index contributed by atoms with van der Waals surface area (Å²) in [5, 5.41) is 3.75. The Morgan fingerprint density at radius 2 is 2.11 bits per heavy atom. The monoisotopic (exact) mass is 246 g/mol. The average Bonchev–Trinajstić information content (AvgIpc) is 2.87. The second kappa shape index (κ2) is 4.81. The molecule has 2 fully saturated rings. The molecule has 0 atom stereocenters. The Kier molecular flexibility index (Phi) is 3.16. The van der Waals surface area contributed by atoms with Gasteiger partial charge in [-0.15, -0.1) is 0 Å². The van der Waals surface area contributed by atoms with Crippen molar-refractivity contribution in [3.05, 3.63) is 24.3 Å². The molecule has 1 saturated carbocycles. The molecule has 0 radical (unpaired) electrons. The molecule has 3 nitrogen and oxygen atoms in total. The van der Waals surface area contributed by atoms with E-state index in [0.717, 1.165) is 25.4 Å². The largest absolute Gasteiger partial charge is 0.497 e. The zero-order valence-electron chi connectivity index (χ0n) is 11.1. The third kappa shape index (κ3) is 2.19. The number of methoxy groups -OCH3 is 1. The molecule has 98 valence electrons. The van der Waals surface area contributed by atoms with Crippen molar-refractivity contribution in [3.63, 3.8) is 0 Å². The van der Waals surface area contributed by atoms with Crippen molar-refractivity contribution < 1.29 is 4.74 Å². The van der Waals surface area contributed by atoms with Crippen LogP contribution in [0.3, 0.4) is 0 Å². The van der Waals surface area contributed by atoms with Crippen LogP contribution in [0.5, 0.6) is 5.75 Å². The molecule has 1 aliphatic heterocycles. The summed E-state index contributed by atoms with van der Waals surface area (Å²) in [5.41, 5.74) is 1.67. The zero-order valence-corrected chi connectivity index (χ0v) is 11.1. The lowest BCUT2D eigenvalue weighted by Gasteiger charge is -2.42. The van der Waals surface area contributed by atoms with E-state index >= 15 is 0 Å².